The van der Waals surface area contributed by atoms with E-state index in [-0.39, 0.29) is 26.5 Å². The molecule has 0 unspecified atom stereocenters. The highest BCUT2D eigenvalue weighted by atomic mass is 35.5. The number of halogens is 2. The number of rotatable bonds is 6. The zero-order chi connectivity index (χ0) is 17.7. The van der Waals surface area contributed by atoms with Gasteiger partial charge in [0.2, 0.25) is 0 Å². The molecular formula is C16H14Cl2N2O3S. The Morgan fingerprint density at radius 1 is 1.12 bits per heavy atom. The second-order valence-corrected chi connectivity index (χ2v) is 7.26. The smallest absolute Gasteiger partial charge is 0.261 e. The Kier molecular flexibility index (Phi) is 5.88. The van der Waals surface area contributed by atoms with Crippen molar-refractivity contribution >= 4 is 44.8 Å². The fraction of sp³-hybridized carbons (Fsp3) is 0.0625. The van der Waals surface area contributed by atoms with Crippen molar-refractivity contribution in [2.75, 3.05) is 11.3 Å². The molecule has 0 aliphatic heterocycles. The van der Waals surface area contributed by atoms with Crippen molar-refractivity contribution in [1.29, 1.82) is 0 Å². The van der Waals surface area contributed by atoms with Gasteiger partial charge in [0.15, 0.2) is 0 Å². The van der Waals surface area contributed by atoms with E-state index in [1.165, 1.54) is 24.3 Å². The molecule has 2 rings (SSSR count). The largest absolute Gasteiger partial charge is 0.349 e. The highest BCUT2D eigenvalue weighted by molar-refractivity contribution is 7.92. The van der Waals surface area contributed by atoms with Gasteiger partial charge in [0.25, 0.3) is 15.9 Å². The van der Waals surface area contributed by atoms with Crippen LogP contribution in [-0.4, -0.2) is 20.9 Å². The van der Waals surface area contributed by atoms with E-state index in [2.05, 4.69) is 16.6 Å². The summed E-state index contributed by atoms with van der Waals surface area (Å²) >= 11 is 11.6. The molecule has 0 heterocycles. The summed E-state index contributed by atoms with van der Waals surface area (Å²) < 4.78 is 27.2. The van der Waals surface area contributed by atoms with E-state index < -0.39 is 10.0 Å². The van der Waals surface area contributed by atoms with Gasteiger partial charge in [-0.3, -0.25) is 9.52 Å². The predicted molar refractivity (Wildman–Crippen MR) is 96.2 cm³/mol. The number of hydrogen-bond acceptors (Lipinski definition) is 3. The molecule has 5 nitrogen and oxygen atoms in total. The van der Waals surface area contributed by atoms with Crippen molar-refractivity contribution in [2.24, 2.45) is 0 Å². The summed E-state index contributed by atoms with van der Waals surface area (Å²) in [7, 11) is -3.85. The third kappa shape index (κ3) is 4.50. The zero-order valence-corrected chi connectivity index (χ0v) is 14.8. The van der Waals surface area contributed by atoms with Gasteiger partial charge in [-0.15, -0.1) is 6.58 Å². The fourth-order valence-electron chi connectivity index (χ4n) is 1.85. The lowest BCUT2D eigenvalue weighted by molar-refractivity contribution is 0.0958. The van der Waals surface area contributed by atoms with Crippen LogP contribution in [0.2, 0.25) is 10.0 Å². The lowest BCUT2D eigenvalue weighted by atomic mass is 10.2. The minimum Gasteiger partial charge on any atom is -0.349 e. The Bertz CT molecular complexity index is 883. The summed E-state index contributed by atoms with van der Waals surface area (Å²) in [5, 5.41) is 3.01. The van der Waals surface area contributed by atoms with Crippen molar-refractivity contribution < 1.29 is 13.2 Å². The topological polar surface area (TPSA) is 75.3 Å². The van der Waals surface area contributed by atoms with Crippen LogP contribution in [0.1, 0.15) is 10.4 Å². The first-order valence-electron chi connectivity index (χ1n) is 6.80. The Labute approximate surface area is 150 Å². The van der Waals surface area contributed by atoms with Gasteiger partial charge in [0.1, 0.15) is 0 Å². The lowest BCUT2D eigenvalue weighted by Gasteiger charge is -2.10. The molecule has 0 aliphatic carbocycles. The minimum absolute atomic E-state index is 0.0292. The SMILES string of the molecule is C=CCNC(=O)c1cccc(NS(=O)(=O)c2ccc(Cl)c(Cl)c2)c1. The summed E-state index contributed by atoms with van der Waals surface area (Å²) in [6, 6.07) is 10.1. The molecule has 1 amide bonds. The van der Waals surface area contributed by atoms with E-state index in [0.29, 0.717) is 12.1 Å². The number of sulfonamides is 1. The van der Waals surface area contributed by atoms with Crippen LogP contribution >= 0.6 is 23.2 Å². The molecule has 0 fully saturated rings. The maximum absolute atomic E-state index is 12.4. The number of carbonyl (C=O) groups excluding carboxylic acids is 1. The molecule has 0 saturated carbocycles. The van der Waals surface area contributed by atoms with Crippen molar-refractivity contribution in [1.82, 2.24) is 5.32 Å². The highest BCUT2D eigenvalue weighted by Crippen LogP contribution is 2.26. The average Bonchev–Trinajstić information content (AvgIpc) is 2.54. The van der Waals surface area contributed by atoms with Crippen LogP contribution in [-0.2, 0) is 10.0 Å². The Balaban J connectivity index is 2.25. The van der Waals surface area contributed by atoms with Crippen LogP contribution in [0, 0.1) is 0 Å². The van der Waals surface area contributed by atoms with Gasteiger partial charge in [-0.2, -0.15) is 0 Å². The Morgan fingerprint density at radius 2 is 1.88 bits per heavy atom. The molecule has 0 radical (unpaired) electrons. The Hall–Kier alpha value is -2.02. The molecule has 8 heteroatoms. The van der Waals surface area contributed by atoms with Crippen LogP contribution in [0.15, 0.2) is 60.0 Å². The fourth-order valence-corrected chi connectivity index (χ4v) is 3.29. The molecule has 24 heavy (non-hydrogen) atoms. The zero-order valence-electron chi connectivity index (χ0n) is 12.4. The van der Waals surface area contributed by atoms with Gasteiger partial charge < -0.3 is 5.32 Å². The van der Waals surface area contributed by atoms with Gasteiger partial charge in [0, 0.05) is 17.8 Å². The van der Waals surface area contributed by atoms with Crippen molar-refractivity contribution in [2.45, 2.75) is 4.90 Å². The maximum atomic E-state index is 12.4. The summed E-state index contributed by atoms with van der Waals surface area (Å²) in [6.45, 7) is 3.83. The second kappa shape index (κ2) is 7.70. The predicted octanol–water partition coefficient (Wildman–Crippen LogP) is 3.71. The average molecular weight is 385 g/mol. The summed E-state index contributed by atoms with van der Waals surface area (Å²) in [5.41, 5.74) is 0.582. The van der Waals surface area contributed by atoms with E-state index >= 15 is 0 Å². The maximum Gasteiger partial charge on any atom is 0.261 e. The molecule has 2 aromatic rings. The molecule has 0 spiro atoms. The third-order valence-electron chi connectivity index (χ3n) is 2.99. The van der Waals surface area contributed by atoms with E-state index in [4.69, 9.17) is 23.2 Å². The lowest BCUT2D eigenvalue weighted by Crippen LogP contribution is -2.23. The van der Waals surface area contributed by atoms with Gasteiger partial charge in [0.05, 0.1) is 14.9 Å². The number of carbonyl (C=O) groups is 1. The summed E-state index contributed by atoms with van der Waals surface area (Å²) in [5.74, 6) is -0.328. The van der Waals surface area contributed by atoms with Crippen LogP contribution < -0.4 is 10.0 Å². The highest BCUT2D eigenvalue weighted by Gasteiger charge is 2.16. The van der Waals surface area contributed by atoms with E-state index in [0.717, 1.165) is 0 Å². The van der Waals surface area contributed by atoms with Gasteiger partial charge in [-0.25, -0.2) is 8.42 Å². The summed E-state index contributed by atoms with van der Waals surface area (Å²) in [6.07, 6.45) is 1.55. The third-order valence-corrected chi connectivity index (χ3v) is 5.10. The summed E-state index contributed by atoms with van der Waals surface area (Å²) in [4.78, 5) is 11.9. The van der Waals surface area contributed by atoms with Gasteiger partial charge >= 0.3 is 0 Å². The van der Waals surface area contributed by atoms with E-state index in [9.17, 15) is 13.2 Å². The van der Waals surface area contributed by atoms with E-state index in [1.807, 2.05) is 0 Å². The molecular weight excluding hydrogens is 371 g/mol. The van der Waals surface area contributed by atoms with Crippen LogP contribution in [0.25, 0.3) is 0 Å². The minimum atomic E-state index is -3.85. The quantitative estimate of drug-likeness (QED) is 0.745. The first kappa shape index (κ1) is 18.3. The molecule has 0 saturated heterocycles. The van der Waals surface area contributed by atoms with Crippen LogP contribution in [0.3, 0.4) is 0 Å². The van der Waals surface area contributed by atoms with Gasteiger partial charge in [-0.05, 0) is 36.4 Å². The number of amides is 1. The normalized spacial score (nSPS) is 10.9. The van der Waals surface area contributed by atoms with E-state index in [1.54, 1.807) is 24.3 Å². The van der Waals surface area contributed by atoms with Gasteiger partial charge in [-0.1, -0.05) is 35.3 Å². The number of anilines is 1. The number of benzene rings is 2. The molecule has 0 aliphatic rings. The number of hydrogen-bond donors (Lipinski definition) is 2. The standard InChI is InChI=1S/C16H14Cl2N2O3S/c1-2-8-19-16(21)11-4-3-5-12(9-11)20-24(22,23)13-6-7-14(17)15(18)10-13/h2-7,9-10,20H,1,8H2,(H,19,21). The molecule has 2 N–H and O–H groups in total. The van der Waals surface area contributed by atoms with Crippen LogP contribution in [0.4, 0.5) is 5.69 Å². The molecule has 0 bridgehead atoms. The van der Waals surface area contributed by atoms with Crippen LogP contribution in [0.5, 0.6) is 0 Å². The second-order valence-electron chi connectivity index (χ2n) is 4.76. The first-order valence-corrected chi connectivity index (χ1v) is 9.04. The number of nitrogens with one attached hydrogen (secondary N) is 2. The first-order chi connectivity index (χ1) is 11.3. The Morgan fingerprint density at radius 3 is 2.54 bits per heavy atom. The molecule has 0 aromatic heterocycles. The molecule has 0 atom stereocenters. The van der Waals surface area contributed by atoms with Crippen molar-refractivity contribution in [3.8, 4) is 0 Å². The van der Waals surface area contributed by atoms with Crippen molar-refractivity contribution in [3.63, 3.8) is 0 Å². The monoisotopic (exact) mass is 384 g/mol. The molecule has 2 aromatic carbocycles. The van der Waals surface area contributed by atoms with Crippen molar-refractivity contribution in [3.05, 3.63) is 70.7 Å². The molecule has 126 valence electrons.